The van der Waals surface area contributed by atoms with E-state index in [1.54, 1.807) is 18.2 Å². The van der Waals surface area contributed by atoms with Crippen molar-refractivity contribution in [3.8, 4) is 11.3 Å². The van der Waals surface area contributed by atoms with E-state index in [0.717, 1.165) is 18.4 Å². The number of aromatic nitrogens is 2. The van der Waals surface area contributed by atoms with Crippen LogP contribution in [0.15, 0.2) is 39.5 Å². The predicted octanol–water partition coefficient (Wildman–Crippen LogP) is 4.40. The fourth-order valence-electron chi connectivity index (χ4n) is 3.44. The van der Waals surface area contributed by atoms with Crippen molar-refractivity contribution in [2.75, 3.05) is 5.73 Å². The summed E-state index contributed by atoms with van der Waals surface area (Å²) in [6.07, 6.45) is 5.69. The molecule has 5 nitrogen and oxygen atoms in total. The quantitative estimate of drug-likeness (QED) is 0.748. The summed E-state index contributed by atoms with van der Waals surface area (Å²) in [5, 5.41) is 5.61. The first-order valence-corrected chi connectivity index (χ1v) is 8.59. The molecule has 0 spiro atoms. The SMILES string of the molecule is Nc1c2c(=O)oc(-c3ccc(Cl)cc3)cc2nn1C1CCCCC1. The van der Waals surface area contributed by atoms with E-state index >= 15 is 0 Å². The Morgan fingerprint density at radius 3 is 2.58 bits per heavy atom. The molecule has 0 amide bonds. The zero-order valence-corrected chi connectivity index (χ0v) is 13.9. The van der Waals surface area contributed by atoms with Crippen LogP contribution < -0.4 is 11.4 Å². The highest BCUT2D eigenvalue weighted by Gasteiger charge is 2.22. The lowest BCUT2D eigenvalue weighted by Crippen LogP contribution is -2.16. The molecule has 2 aromatic heterocycles. The van der Waals surface area contributed by atoms with E-state index in [1.165, 1.54) is 19.3 Å². The fraction of sp³-hybridized carbons (Fsp3) is 0.333. The van der Waals surface area contributed by atoms with Crippen LogP contribution in [-0.4, -0.2) is 9.78 Å². The Labute approximate surface area is 144 Å². The lowest BCUT2D eigenvalue weighted by molar-refractivity contribution is 0.335. The zero-order valence-electron chi connectivity index (χ0n) is 13.2. The summed E-state index contributed by atoms with van der Waals surface area (Å²) >= 11 is 5.91. The van der Waals surface area contributed by atoms with Gasteiger partial charge in [-0.15, -0.1) is 0 Å². The maximum absolute atomic E-state index is 12.4. The molecule has 1 fully saturated rings. The van der Waals surface area contributed by atoms with Crippen molar-refractivity contribution in [1.82, 2.24) is 9.78 Å². The van der Waals surface area contributed by atoms with Crippen LogP contribution in [0.5, 0.6) is 0 Å². The minimum Gasteiger partial charge on any atom is -0.422 e. The lowest BCUT2D eigenvalue weighted by Gasteiger charge is -2.22. The zero-order chi connectivity index (χ0) is 16.7. The fourth-order valence-corrected chi connectivity index (χ4v) is 3.57. The number of fused-ring (bicyclic) bond motifs is 1. The average molecular weight is 344 g/mol. The molecule has 1 saturated carbocycles. The Kier molecular flexibility index (Phi) is 3.81. The predicted molar refractivity (Wildman–Crippen MR) is 95.2 cm³/mol. The molecule has 6 heteroatoms. The highest BCUT2D eigenvalue weighted by Crippen LogP contribution is 2.32. The molecule has 124 valence electrons. The molecule has 0 atom stereocenters. The molecule has 0 unspecified atom stereocenters. The smallest absolute Gasteiger partial charge is 0.349 e. The van der Waals surface area contributed by atoms with Gasteiger partial charge in [0.25, 0.3) is 0 Å². The molecule has 4 rings (SSSR count). The molecule has 24 heavy (non-hydrogen) atoms. The normalized spacial score (nSPS) is 15.9. The van der Waals surface area contributed by atoms with Gasteiger partial charge in [-0.2, -0.15) is 5.10 Å². The number of nitrogen functional groups attached to an aromatic ring is 1. The number of rotatable bonds is 2. The Morgan fingerprint density at radius 1 is 1.17 bits per heavy atom. The van der Waals surface area contributed by atoms with Crippen molar-refractivity contribution in [2.45, 2.75) is 38.1 Å². The molecule has 0 aliphatic heterocycles. The largest absolute Gasteiger partial charge is 0.422 e. The molecule has 2 heterocycles. The van der Waals surface area contributed by atoms with Gasteiger partial charge in [0.2, 0.25) is 0 Å². The third kappa shape index (κ3) is 2.59. The summed E-state index contributed by atoms with van der Waals surface area (Å²) in [5.41, 5.74) is 7.12. The Bertz CT molecular complexity index is 937. The van der Waals surface area contributed by atoms with E-state index in [4.69, 9.17) is 21.8 Å². The summed E-state index contributed by atoms with van der Waals surface area (Å²) in [5.74, 6) is 0.880. The van der Waals surface area contributed by atoms with Crippen LogP contribution in [0.1, 0.15) is 38.1 Å². The minimum atomic E-state index is -0.447. The van der Waals surface area contributed by atoms with Crippen molar-refractivity contribution < 1.29 is 4.42 Å². The van der Waals surface area contributed by atoms with Crippen molar-refractivity contribution in [3.05, 3.63) is 45.8 Å². The molecule has 3 aromatic rings. The van der Waals surface area contributed by atoms with Crippen LogP contribution in [0.25, 0.3) is 22.2 Å². The molecule has 2 N–H and O–H groups in total. The maximum Gasteiger partial charge on any atom is 0.349 e. The van der Waals surface area contributed by atoms with E-state index in [0.29, 0.717) is 27.5 Å². The third-order valence-electron chi connectivity index (χ3n) is 4.70. The van der Waals surface area contributed by atoms with Crippen molar-refractivity contribution in [1.29, 1.82) is 0 Å². The van der Waals surface area contributed by atoms with Gasteiger partial charge in [-0.1, -0.05) is 30.9 Å². The maximum atomic E-state index is 12.4. The summed E-state index contributed by atoms with van der Waals surface area (Å²) in [6, 6.07) is 9.19. The summed E-state index contributed by atoms with van der Waals surface area (Å²) in [4.78, 5) is 12.4. The third-order valence-corrected chi connectivity index (χ3v) is 4.95. The van der Waals surface area contributed by atoms with Crippen molar-refractivity contribution in [2.24, 2.45) is 0 Å². The topological polar surface area (TPSA) is 74.1 Å². The average Bonchev–Trinajstić information content (AvgIpc) is 2.93. The number of halogens is 1. The lowest BCUT2D eigenvalue weighted by atomic mass is 9.96. The first-order chi connectivity index (χ1) is 11.6. The number of nitrogens with zero attached hydrogens (tertiary/aromatic N) is 2. The van der Waals surface area contributed by atoms with Gasteiger partial charge in [0.05, 0.1) is 6.04 Å². The number of hydrogen-bond donors (Lipinski definition) is 1. The summed E-state index contributed by atoms with van der Waals surface area (Å²) in [6.45, 7) is 0. The highest BCUT2D eigenvalue weighted by atomic mass is 35.5. The van der Waals surface area contributed by atoms with E-state index < -0.39 is 5.63 Å². The van der Waals surface area contributed by atoms with Gasteiger partial charge in [-0.05, 0) is 37.1 Å². The Hall–Kier alpha value is -2.27. The van der Waals surface area contributed by atoms with E-state index in [2.05, 4.69) is 5.10 Å². The Morgan fingerprint density at radius 2 is 1.88 bits per heavy atom. The molecular weight excluding hydrogens is 326 g/mol. The standard InChI is InChI=1S/C18H18ClN3O2/c19-12-8-6-11(7-9-12)15-10-14-16(18(23)24-15)17(20)22(21-14)13-4-2-1-3-5-13/h6-10,13H,1-5,20H2. The van der Waals surface area contributed by atoms with Crippen LogP contribution in [0.2, 0.25) is 5.02 Å². The second-order valence-electron chi connectivity index (χ2n) is 6.29. The minimum absolute atomic E-state index is 0.268. The van der Waals surface area contributed by atoms with Crippen LogP contribution >= 0.6 is 11.6 Å². The number of anilines is 1. The molecule has 0 bridgehead atoms. The highest BCUT2D eigenvalue weighted by molar-refractivity contribution is 6.30. The van der Waals surface area contributed by atoms with Gasteiger partial charge < -0.3 is 10.2 Å². The van der Waals surface area contributed by atoms with Crippen LogP contribution in [0.4, 0.5) is 5.82 Å². The van der Waals surface area contributed by atoms with Gasteiger partial charge in [-0.25, -0.2) is 9.48 Å². The molecule has 1 aromatic carbocycles. The van der Waals surface area contributed by atoms with Crippen LogP contribution in [0.3, 0.4) is 0 Å². The molecule has 1 aliphatic carbocycles. The monoisotopic (exact) mass is 343 g/mol. The van der Waals surface area contributed by atoms with Gasteiger partial charge in [0.15, 0.2) is 0 Å². The second-order valence-corrected chi connectivity index (χ2v) is 6.72. The summed E-state index contributed by atoms with van der Waals surface area (Å²) in [7, 11) is 0. The van der Waals surface area contributed by atoms with Gasteiger partial charge in [-0.3, -0.25) is 0 Å². The van der Waals surface area contributed by atoms with Gasteiger partial charge in [0.1, 0.15) is 22.5 Å². The van der Waals surface area contributed by atoms with E-state index in [-0.39, 0.29) is 6.04 Å². The molecular formula is C18H18ClN3O2. The van der Waals surface area contributed by atoms with E-state index in [1.807, 2.05) is 16.8 Å². The summed E-state index contributed by atoms with van der Waals surface area (Å²) < 4.78 is 7.28. The van der Waals surface area contributed by atoms with Crippen LogP contribution in [-0.2, 0) is 0 Å². The number of hydrogen-bond acceptors (Lipinski definition) is 4. The van der Waals surface area contributed by atoms with Crippen molar-refractivity contribution in [3.63, 3.8) is 0 Å². The number of benzene rings is 1. The molecule has 0 radical (unpaired) electrons. The Balaban J connectivity index is 1.83. The van der Waals surface area contributed by atoms with Gasteiger partial charge in [0, 0.05) is 16.7 Å². The first-order valence-electron chi connectivity index (χ1n) is 8.21. The molecule has 0 saturated heterocycles. The number of nitrogens with two attached hydrogens (primary N) is 1. The van der Waals surface area contributed by atoms with Crippen molar-refractivity contribution >= 4 is 28.3 Å². The van der Waals surface area contributed by atoms with Crippen LogP contribution in [0, 0.1) is 0 Å². The van der Waals surface area contributed by atoms with Gasteiger partial charge >= 0.3 is 5.63 Å². The second kappa shape index (κ2) is 5.98. The first kappa shape index (κ1) is 15.3. The molecule has 1 aliphatic rings. The van der Waals surface area contributed by atoms with E-state index in [9.17, 15) is 4.79 Å².